The summed E-state index contributed by atoms with van der Waals surface area (Å²) in [5.41, 5.74) is 5.68. The third-order valence-corrected chi connectivity index (χ3v) is 3.31. The minimum absolute atomic E-state index is 0.00957. The third-order valence-electron chi connectivity index (χ3n) is 1.97. The van der Waals surface area contributed by atoms with E-state index in [1.54, 1.807) is 13.0 Å². The maximum atomic E-state index is 11.3. The number of hydrogen-bond acceptors (Lipinski definition) is 4. The van der Waals surface area contributed by atoms with E-state index in [1.807, 2.05) is 0 Å². The molecule has 0 radical (unpaired) electrons. The molecule has 1 aromatic carbocycles. The van der Waals surface area contributed by atoms with Gasteiger partial charge in [0.15, 0.2) is 0 Å². The van der Waals surface area contributed by atoms with Gasteiger partial charge in [-0.1, -0.05) is 6.07 Å². The molecule has 0 saturated carbocycles. The van der Waals surface area contributed by atoms with Crippen molar-refractivity contribution in [2.24, 2.45) is 5.73 Å². The standard InChI is InChI=1S/C10H12ClNO4S/c1-7-2-3-8(16-5-4-10(12)13)9(6-7)17(11,14)15/h2-3,6H,4-5H2,1H3,(H2,12,13). The van der Waals surface area contributed by atoms with Crippen molar-refractivity contribution in [3.8, 4) is 5.75 Å². The van der Waals surface area contributed by atoms with Gasteiger partial charge in [0.25, 0.3) is 9.05 Å². The Labute approximate surface area is 104 Å². The first kappa shape index (κ1) is 13.8. The molecule has 1 rings (SSSR count). The number of ether oxygens (including phenoxy) is 1. The third kappa shape index (κ3) is 4.24. The van der Waals surface area contributed by atoms with Crippen molar-refractivity contribution >= 4 is 25.6 Å². The van der Waals surface area contributed by atoms with Gasteiger partial charge in [-0.25, -0.2) is 8.42 Å². The zero-order valence-corrected chi connectivity index (χ0v) is 10.7. The van der Waals surface area contributed by atoms with E-state index in [2.05, 4.69) is 0 Å². The van der Waals surface area contributed by atoms with Crippen molar-refractivity contribution in [2.45, 2.75) is 18.2 Å². The summed E-state index contributed by atoms with van der Waals surface area (Å²) in [4.78, 5) is 10.4. The number of carbonyl (C=O) groups is 1. The summed E-state index contributed by atoms with van der Waals surface area (Å²) in [6.07, 6.45) is 0.00957. The van der Waals surface area contributed by atoms with E-state index in [4.69, 9.17) is 21.2 Å². The molecule has 0 saturated heterocycles. The van der Waals surface area contributed by atoms with E-state index >= 15 is 0 Å². The molecule has 0 atom stereocenters. The van der Waals surface area contributed by atoms with E-state index in [9.17, 15) is 13.2 Å². The molecule has 0 unspecified atom stereocenters. The lowest BCUT2D eigenvalue weighted by atomic mass is 10.2. The number of aryl methyl sites for hydroxylation is 1. The lowest BCUT2D eigenvalue weighted by Crippen LogP contribution is -2.15. The van der Waals surface area contributed by atoms with E-state index in [0.717, 1.165) is 5.56 Å². The summed E-state index contributed by atoms with van der Waals surface area (Å²) < 4.78 is 27.8. The van der Waals surface area contributed by atoms with Gasteiger partial charge in [0, 0.05) is 10.7 Å². The number of carbonyl (C=O) groups excluding carboxylic acids is 1. The van der Waals surface area contributed by atoms with Crippen LogP contribution in [-0.2, 0) is 13.8 Å². The molecule has 0 aliphatic carbocycles. The molecule has 1 aromatic rings. The Morgan fingerprint density at radius 1 is 1.47 bits per heavy atom. The van der Waals surface area contributed by atoms with Gasteiger partial charge in [-0.05, 0) is 24.6 Å². The number of benzene rings is 1. The van der Waals surface area contributed by atoms with Crippen LogP contribution in [0.1, 0.15) is 12.0 Å². The van der Waals surface area contributed by atoms with Gasteiger partial charge in [-0.15, -0.1) is 0 Å². The predicted octanol–water partition coefficient (Wildman–Crippen LogP) is 1.18. The predicted molar refractivity (Wildman–Crippen MR) is 63.5 cm³/mol. The Morgan fingerprint density at radius 2 is 2.12 bits per heavy atom. The Morgan fingerprint density at radius 3 is 2.65 bits per heavy atom. The van der Waals surface area contributed by atoms with Crippen LogP contribution < -0.4 is 10.5 Å². The van der Waals surface area contributed by atoms with E-state index in [1.165, 1.54) is 12.1 Å². The lowest BCUT2D eigenvalue weighted by molar-refractivity contribution is -0.118. The normalized spacial score (nSPS) is 11.2. The maximum Gasteiger partial charge on any atom is 0.264 e. The second kappa shape index (κ2) is 5.37. The van der Waals surface area contributed by atoms with Gasteiger partial charge in [-0.2, -0.15) is 0 Å². The second-order valence-corrected chi connectivity index (χ2v) is 5.99. The van der Waals surface area contributed by atoms with Crippen LogP contribution in [0, 0.1) is 6.92 Å². The van der Waals surface area contributed by atoms with Gasteiger partial charge in [0.1, 0.15) is 10.6 Å². The lowest BCUT2D eigenvalue weighted by Gasteiger charge is -2.09. The number of amides is 1. The highest BCUT2D eigenvalue weighted by Crippen LogP contribution is 2.27. The van der Waals surface area contributed by atoms with Crippen LogP contribution >= 0.6 is 10.7 Å². The summed E-state index contributed by atoms with van der Waals surface area (Å²) in [5.74, 6) is -0.403. The quantitative estimate of drug-likeness (QED) is 0.819. The first-order valence-electron chi connectivity index (χ1n) is 4.77. The molecular weight excluding hydrogens is 266 g/mol. The van der Waals surface area contributed by atoms with Crippen molar-refractivity contribution in [3.05, 3.63) is 23.8 Å². The molecule has 0 aliphatic rings. The zero-order valence-electron chi connectivity index (χ0n) is 9.14. The van der Waals surface area contributed by atoms with Gasteiger partial charge in [0.05, 0.1) is 13.0 Å². The van der Waals surface area contributed by atoms with Crippen molar-refractivity contribution in [2.75, 3.05) is 6.61 Å². The summed E-state index contributed by atoms with van der Waals surface area (Å²) in [7, 11) is 1.40. The average Bonchev–Trinajstić information content (AvgIpc) is 2.18. The number of primary amides is 1. The van der Waals surface area contributed by atoms with E-state index in [-0.39, 0.29) is 23.7 Å². The highest BCUT2D eigenvalue weighted by atomic mass is 35.7. The fourth-order valence-corrected chi connectivity index (χ4v) is 2.24. The molecule has 0 heterocycles. The first-order valence-corrected chi connectivity index (χ1v) is 7.08. The largest absolute Gasteiger partial charge is 0.492 e. The van der Waals surface area contributed by atoms with Crippen LogP contribution in [0.2, 0.25) is 0 Å². The van der Waals surface area contributed by atoms with E-state index < -0.39 is 15.0 Å². The topological polar surface area (TPSA) is 86.5 Å². The summed E-state index contributed by atoms with van der Waals surface area (Å²) in [6.45, 7) is 1.75. The van der Waals surface area contributed by atoms with Crippen molar-refractivity contribution in [1.29, 1.82) is 0 Å². The van der Waals surface area contributed by atoms with Gasteiger partial charge < -0.3 is 10.5 Å². The molecule has 0 spiro atoms. The monoisotopic (exact) mass is 277 g/mol. The Kier molecular flexibility index (Phi) is 4.36. The average molecular weight is 278 g/mol. The molecular formula is C10H12ClNO4S. The second-order valence-electron chi connectivity index (χ2n) is 3.45. The van der Waals surface area contributed by atoms with E-state index in [0.29, 0.717) is 0 Å². The van der Waals surface area contributed by atoms with Crippen molar-refractivity contribution < 1.29 is 17.9 Å². The molecule has 0 bridgehead atoms. The van der Waals surface area contributed by atoms with Gasteiger partial charge in [-0.3, -0.25) is 4.79 Å². The van der Waals surface area contributed by atoms with Crippen LogP contribution in [0.3, 0.4) is 0 Å². The molecule has 0 fully saturated rings. The Bertz CT molecular complexity index is 527. The SMILES string of the molecule is Cc1ccc(OCCC(N)=O)c(S(=O)(=O)Cl)c1. The fourth-order valence-electron chi connectivity index (χ4n) is 1.19. The van der Waals surface area contributed by atoms with Crippen molar-refractivity contribution in [3.63, 3.8) is 0 Å². The van der Waals surface area contributed by atoms with Gasteiger partial charge in [0.2, 0.25) is 5.91 Å². The Balaban J connectivity index is 2.95. The summed E-state index contributed by atoms with van der Waals surface area (Å²) in [6, 6.07) is 4.58. The highest BCUT2D eigenvalue weighted by molar-refractivity contribution is 8.13. The summed E-state index contributed by atoms with van der Waals surface area (Å²) >= 11 is 0. The molecule has 0 aromatic heterocycles. The summed E-state index contributed by atoms with van der Waals surface area (Å²) in [5, 5.41) is 0. The first-order chi connectivity index (χ1) is 7.80. The number of hydrogen-bond donors (Lipinski definition) is 1. The molecule has 0 aliphatic heterocycles. The van der Waals surface area contributed by atoms with Crippen molar-refractivity contribution in [1.82, 2.24) is 0 Å². The zero-order chi connectivity index (χ0) is 13.1. The van der Waals surface area contributed by atoms with Crippen LogP contribution in [-0.4, -0.2) is 20.9 Å². The fraction of sp³-hybridized carbons (Fsp3) is 0.300. The molecule has 17 heavy (non-hydrogen) atoms. The molecule has 7 heteroatoms. The minimum Gasteiger partial charge on any atom is -0.492 e. The molecule has 1 amide bonds. The number of halogens is 1. The maximum absolute atomic E-state index is 11.3. The molecule has 2 N–H and O–H groups in total. The van der Waals surface area contributed by atoms with Crippen LogP contribution in [0.15, 0.2) is 23.1 Å². The van der Waals surface area contributed by atoms with Crippen LogP contribution in [0.25, 0.3) is 0 Å². The minimum atomic E-state index is -3.88. The van der Waals surface area contributed by atoms with Crippen LogP contribution in [0.5, 0.6) is 5.75 Å². The highest BCUT2D eigenvalue weighted by Gasteiger charge is 2.17. The number of rotatable bonds is 5. The van der Waals surface area contributed by atoms with Gasteiger partial charge >= 0.3 is 0 Å². The molecule has 94 valence electrons. The Hall–Kier alpha value is -1.27. The number of nitrogens with two attached hydrogens (primary N) is 1. The van der Waals surface area contributed by atoms with Crippen LogP contribution in [0.4, 0.5) is 0 Å². The molecule has 5 nitrogen and oxygen atoms in total. The smallest absolute Gasteiger partial charge is 0.264 e.